The van der Waals surface area contributed by atoms with Gasteiger partial charge in [-0.25, -0.2) is 0 Å². The van der Waals surface area contributed by atoms with E-state index in [1.165, 1.54) is 0 Å². The van der Waals surface area contributed by atoms with Crippen molar-refractivity contribution in [2.75, 3.05) is 38.3 Å². The molecular weight excluding hydrogens is 296 g/mol. The summed E-state index contributed by atoms with van der Waals surface area (Å²) in [6, 6.07) is 7.37. The van der Waals surface area contributed by atoms with Crippen molar-refractivity contribution in [2.24, 2.45) is 5.92 Å². The highest BCUT2D eigenvalue weighted by Crippen LogP contribution is 2.26. The van der Waals surface area contributed by atoms with Crippen LogP contribution in [-0.2, 0) is 14.3 Å². The highest BCUT2D eigenvalue weighted by molar-refractivity contribution is 5.99. The molecule has 0 aromatic heterocycles. The fraction of sp³-hybridized carbons (Fsp3) is 0.529. The Morgan fingerprint density at radius 2 is 2.22 bits per heavy atom. The molecule has 0 N–H and O–H groups in total. The molecule has 6 nitrogen and oxygen atoms in total. The molecule has 2 heterocycles. The highest BCUT2D eigenvalue weighted by Gasteiger charge is 2.36. The van der Waals surface area contributed by atoms with Crippen LogP contribution in [0.1, 0.15) is 13.3 Å². The number of methoxy groups -OCH3 is 1. The van der Waals surface area contributed by atoms with Crippen LogP contribution >= 0.6 is 0 Å². The summed E-state index contributed by atoms with van der Waals surface area (Å²) in [6.45, 7) is 3.72. The Labute approximate surface area is 136 Å². The van der Waals surface area contributed by atoms with Crippen molar-refractivity contribution in [3.05, 3.63) is 24.3 Å². The first-order chi connectivity index (χ1) is 11.1. The predicted molar refractivity (Wildman–Crippen MR) is 85.4 cm³/mol. The van der Waals surface area contributed by atoms with Gasteiger partial charge in [-0.3, -0.25) is 9.59 Å². The molecule has 0 aliphatic carbocycles. The maximum atomic E-state index is 12.6. The molecule has 6 heteroatoms. The van der Waals surface area contributed by atoms with Gasteiger partial charge in [-0.05, 0) is 25.5 Å². The summed E-state index contributed by atoms with van der Waals surface area (Å²) < 4.78 is 10.5. The molecule has 0 bridgehead atoms. The van der Waals surface area contributed by atoms with Crippen LogP contribution in [0.5, 0.6) is 5.75 Å². The predicted octanol–water partition coefficient (Wildman–Crippen LogP) is 1.30. The van der Waals surface area contributed by atoms with Crippen molar-refractivity contribution in [3.63, 3.8) is 0 Å². The molecular formula is C17H22N2O4. The molecule has 0 saturated carbocycles. The summed E-state index contributed by atoms with van der Waals surface area (Å²) in [5.41, 5.74) is 0.804. The smallest absolute Gasteiger partial charge is 0.246 e. The van der Waals surface area contributed by atoms with Crippen molar-refractivity contribution in [2.45, 2.75) is 19.4 Å². The maximum Gasteiger partial charge on any atom is 0.246 e. The third kappa shape index (κ3) is 3.17. The van der Waals surface area contributed by atoms with Gasteiger partial charge in [0.1, 0.15) is 12.3 Å². The van der Waals surface area contributed by atoms with Gasteiger partial charge in [-0.1, -0.05) is 6.07 Å². The van der Waals surface area contributed by atoms with Gasteiger partial charge in [0.25, 0.3) is 0 Å². The molecule has 124 valence electrons. The number of rotatable bonds is 3. The zero-order valence-corrected chi connectivity index (χ0v) is 13.5. The summed E-state index contributed by atoms with van der Waals surface area (Å²) in [7, 11) is 1.60. The van der Waals surface area contributed by atoms with Crippen LogP contribution in [0.15, 0.2) is 24.3 Å². The topological polar surface area (TPSA) is 59.1 Å². The lowest BCUT2D eigenvalue weighted by molar-refractivity contribution is -0.141. The first-order valence-corrected chi connectivity index (χ1v) is 7.93. The molecule has 0 spiro atoms. The molecule has 2 saturated heterocycles. The number of piperazine rings is 1. The largest absolute Gasteiger partial charge is 0.497 e. The lowest BCUT2D eigenvalue weighted by Crippen LogP contribution is -2.58. The van der Waals surface area contributed by atoms with Gasteiger partial charge in [0, 0.05) is 24.9 Å². The second-order valence-corrected chi connectivity index (χ2v) is 6.09. The Morgan fingerprint density at radius 3 is 2.87 bits per heavy atom. The van der Waals surface area contributed by atoms with Gasteiger partial charge in [0.05, 0.1) is 25.7 Å². The first kappa shape index (κ1) is 15.8. The normalized spacial score (nSPS) is 24.9. The van der Waals surface area contributed by atoms with Gasteiger partial charge in [-0.2, -0.15) is 0 Å². The van der Waals surface area contributed by atoms with Crippen LogP contribution in [0, 0.1) is 5.92 Å². The van der Waals surface area contributed by atoms with E-state index in [1.807, 2.05) is 31.2 Å². The van der Waals surface area contributed by atoms with E-state index in [2.05, 4.69) is 0 Å². The van der Waals surface area contributed by atoms with Gasteiger partial charge in [-0.15, -0.1) is 0 Å². The Bertz CT molecular complexity index is 598. The van der Waals surface area contributed by atoms with Crippen molar-refractivity contribution >= 4 is 17.5 Å². The minimum atomic E-state index is -0.0987. The van der Waals surface area contributed by atoms with Crippen LogP contribution in [-0.4, -0.2) is 56.2 Å². The molecule has 23 heavy (non-hydrogen) atoms. The summed E-state index contributed by atoms with van der Waals surface area (Å²) in [5, 5.41) is 0. The minimum Gasteiger partial charge on any atom is -0.497 e. The lowest BCUT2D eigenvalue weighted by atomic mass is 10.0. The average molecular weight is 318 g/mol. The highest BCUT2D eigenvalue weighted by atomic mass is 16.5. The first-order valence-electron chi connectivity index (χ1n) is 7.93. The Kier molecular flexibility index (Phi) is 4.52. The molecule has 1 aromatic rings. The van der Waals surface area contributed by atoms with E-state index in [9.17, 15) is 9.59 Å². The Hall–Kier alpha value is -2.08. The van der Waals surface area contributed by atoms with E-state index in [4.69, 9.17) is 9.47 Å². The minimum absolute atomic E-state index is 0.0352. The third-order valence-corrected chi connectivity index (χ3v) is 4.44. The van der Waals surface area contributed by atoms with Gasteiger partial charge in [0.15, 0.2) is 0 Å². The number of hydrogen-bond donors (Lipinski definition) is 0. The molecule has 1 aromatic carbocycles. The van der Waals surface area contributed by atoms with Gasteiger partial charge in [0.2, 0.25) is 11.8 Å². The monoisotopic (exact) mass is 318 g/mol. The Morgan fingerprint density at radius 1 is 1.39 bits per heavy atom. The van der Waals surface area contributed by atoms with Crippen LogP contribution in [0.3, 0.4) is 0 Å². The average Bonchev–Trinajstić information content (AvgIpc) is 3.08. The summed E-state index contributed by atoms with van der Waals surface area (Å²) in [5.74, 6) is 0.583. The SMILES string of the molecule is COc1cccc(N2C(=O)CN(C(=O)[C@@H]3CCOC3)C[C@H]2C)c1. The van der Waals surface area contributed by atoms with Gasteiger partial charge >= 0.3 is 0 Å². The quantitative estimate of drug-likeness (QED) is 0.843. The number of benzene rings is 1. The molecule has 0 radical (unpaired) electrons. The van der Waals surface area contributed by atoms with Crippen LogP contribution in [0.4, 0.5) is 5.69 Å². The second-order valence-electron chi connectivity index (χ2n) is 6.09. The number of carbonyl (C=O) groups excluding carboxylic acids is 2. The maximum absolute atomic E-state index is 12.6. The number of hydrogen-bond acceptors (Lipinski definition) is 4. The van der Waals surface area contributed by atoms with Gasteiger partial charge < -0.3 is 19.3 Å². The number of nitrogens with zero attached hydrogens (tertiary/aromatic N) is 2. The summed E-state index contributed by atoms with van der Waals surface area (Å²) in [4.78, 5) is 28.5. The van der Waals surface area contributed by atoms with Crippen molar-refractivity contribution in [1.82, 2.24) is 4.90 Å². The fourth-order valence-corrected chi connectivity index (χ4v) is 3.26. The van der Waals surface area contributed by atoms with Crippen molar-refractivity contribution in [1.29, 1.82) is 0 Å². The Balaban J connectivity index is 1.74. The molecule has 3 rings (SSSR count). The zero-order chi connectivity index (χ0) is 16.4. The molecule has 2 fully saturated rings. The summed E-state index contributed by atoms with van der Waals surface area (Å²) >= 11 is 0. The molecule has 2 atom stereocenters. The van der Waals surface area contributed by atoms with E-state index in [1.54, 1.807) is 16.9 Å². The molecule has 2 aliphatic rings. The zero-order valence-electron chi connectivity index (χ0n) is 13.5. The molecule has 0 unspecified atom stereocenters. The van der Waals surface area contributed by atoms with Crippen molar-refractivity contribution < 1.29 is 19.1 Å². The van der Waals surface area contributed by atoms with Crippen LogP contribution in [0.2, 0.25) is 0 Å². The lowest BCUT2D eigenvalue weighted by Gasteiger charge is -2.40. The van der Waals surface area contributed by atoms with E-state index in [-0.39, 0.29) is 30.3 Å². The standard InChI is InChI=1S/C17H22N2O4/c1-12-9-18(17(21)13-6-7-23-11-13)10-16(20)19(12)14-4-3-5-15(8-14)22-2/h3-5,8,12-13H,6-7,9-11H2,1-2H3/t12-,13-/m1/s1. The van der Waals surface area contributed by atoms with Crippen LogP contribution in [0.25, 0.3) is 0 Å². The number of amides is 2. The number of ether oxygens (including phenoxy) is 2. The van der Waals surface area contributed by atoms with E-state index < -0.39 is 0 Å². The van der Waals surface area contributed by atoms with E-state index in [0.717, 1.165) is 12.1 Å². The molecule has 2 amide bonds. The molecule has 2 aliphatic heterocycles. The van der Waals surface area contributed by atoms with Crippen molar-refractivity contribution in [3.8, 4) is 5.75 Å². The van der Waals surface area contributed by atoms with Crippen LogP contribution < -0.4 is 9.64 Å². The third-order valence-electron chi connectivity index (χ3n) is 4.44. The number of carbonyl (C=O) groups is 2. The summed E-state index contributed by atoms with van der Waals surface area (Å²) in [6.07, 6.45) is 0.748. The number of anilines is 1. The van der Waals surface area contributed by atoms with E-state index >= 15 is 0 Å². The second kappa shape index (κ2) is 6.58. The fourth-order valence-electron chi connectivity index (χ4n) is 3.26. The van der Waals surface area contributed by atoms with E-state index in [0.29, 0.717) is 25.5 Å².